The van der Waals surface area contributed by atoms with Gasteiger partial charge in [-0.05, 0) is 36.6 Å². The van der Waals surface area contributed by atoms with Crippen LogP contribution in [-0.4, -0.2) is 25.8 Å². The second kappa shape index (κ2) is 7.14. The van der Waals surface area contributed by atoms with Crippen LogP contribution in [-0.2, 0) is 0 Å². The number of ether oxygens (including phenoxy) is 1. The summed E-state index contributed by atoms with van der Waals surface area (Å²) in [6.45, 7) is 2.81. The molecule has 2 aromatic carbocycles. The van der Waals surface area contributed by atoms with Gasteiger partial charge in [0, 0.05) is 25.3 Å². The summed E-state index contributed by atoms with van der Waals surface area (Å²) in [7, 11) is 3.69. The van der Waals surface area contributed by atoms with Gasteiger partial charge in [0.2, 0.25) is 0 Å². The molecule has 3 nitrogen and oxygen atoms in total. The van der Waals surface area contributed by atoms with Crippen molar-refractivity contribution in [3.05, 3.63) is 59.7 Å². The average Bonchev–Trinajstić information content (AvgIpc) is 2.52. The van der Waals surface area contributed by atoms with Crippen LogP contribution in [0.3, 0.4) is 0 Å². The van der Waals surface area contributed by atoms with Crippen LogP contribution in [0.4, 0.5) is 5.69 Å². The zero-order chi connectivity index (χ0) is 15.2. The molecule has 0 aliphatic carbocycles. The first-order valence-corrected chi connectivity index (χ1v) is 7.20. The molecule has 112 valence electrons. The van der Waals surface area contributed by atoms with Gasteiger partial charge in [-0.3, -0.25) is 0 Å². The van der Waals surface area contributed by atoms with Gasteiger partial charge in [0.1, 0.15) is 5.75 Å². The van der Waals surface area contributed by atoms with E-state index < -0.39 is 6.10 Å². The van der Waals surface area contributed by atoms with Gasteiger partial charge in [-0.2, -0.15) is 0 Å². The van der Waals surface area contributed by atoms with E-state index >= 15 is 0 Å². The minimum absolute atomic E-state index is 0.431. The molecule has 0 heterocycles. The van der Waals surface area contributed by atoms with E-state index in [1.165, 1.54) is 0 Å². The highest BCUT2D eigenvalue weighted by atomic mass is 16.5. The number of anilines is 1. The van der Waals surface area contributed by atoms with E-state index in [4.69, 9.17) is 4.74 Å². The quantitative estimate of drug-likeness (QED) is 0.881. The molecule has 0 saturated heterocycles. The first-order valence-electron chi connectivity index (χ1n) is 7.20. The number of hydrogen-bond acceptors (Lipinski definition) is 3. The van der Waals surface area contributed by atoms with Crippen LogP contribution in [0.2, 0.25) is 0 Å². The summed E-state index contributed by atoms with van der Waals surface area (Å²) in [6.07, 6.45) is 0.262. The number of hydrogen-bond donors (Lipinski definition) is 1. The number of methoxy groups -OCH3 is 1. The lowest BCUT2D eigenvalue weighted by Crippen LogP contribution is -2.20. The lowest BCUT2D eigenvalue weighted by molar-refractivity contribution is 0.169. The summed E-state index contributed by atoms with van der Waals surface area (Å²) in [5.41, 5.74) is 3.23. The monoisotopic (exact) mass is 285 g/mol. The summed E-state index contributed by atoms with van der Waals surface area (Å²) in [6, 6.07) is 15.9. The van der Waals surface area contributed by atoms with Gasteiger partial charge in [-0.25, -0.2) is 0 Å². The number of aliphatic hydroxyl groups is 1. The minimum Gasteiger partial charge on any atom is -0.497 e. The fourth-order valence-corrected chi connectivity index (χ4v) is 2.41. The summed E-state index contributed by atoms with van der Waals surface area (Å²) >= 11 is 0. The molecule has 0 fully saturated rings. The molecular formula is C18H23NO2. The minimum atomic E-state index is -0.431. The summed E-state index contributed by atoms with van der Waals surface area (Å²) in [5.74, 6) is 0.846. The van der Waals surface area contributed by atoms with Crippen LogP contribution in [0.5, 0.6) is 5.75 Å². The van der Waals surface area contributed by atoms with E-state index in [0.29, 0.717) is 6.42 Å². The van der Waals surface area contributed by atoms with Gasteiger partial charge in [-0.15, -0.1) is 0 Å². The van der Waals surface area contributed by atoms with Gasteiger partial charge >= 0.3 is 0 Å². The van der Waals surface area contributed by atoms with E-state index in [1.807, 2.05) is 62.5 Å². The van der Waals surface area contributed by atoms with Crippen LogP contribution in [0.25, 0.3) is 0 Å². The van der Waals surface area contributed by atoms with E-state index in [9.17, 15) is 5.11 Å². The zero-order valence-corrected chi connectivity index (χ0v) is 12.9. The Morgan fingerprint density at radius 3 is 2.62 bits per heavy atom. The molecule has 0 saturated carbocycles. The number of benzene rings is 2. The van der Waals surface area contributed by atoms with Crippen LogP contribution in [0, 0.1) is 6.92 Å². The Hall–Kier alpha value is -2.00. The Morgan fingerprint density at radius 1 is 1.14 bits per heavy atom. The number of nitrogens with zero attached hydrogens (tertiary/aromatic N) is 1. The Balaban J connectivity index is 1.97. The van der Waals surface area contributed by atoms with E-state index in [1.54, 1.807) is 7.11 Å². The Kier molecular flexibility index (Phi) is 5.23. The van der Waals surface area contributed by atoms with Gasteiger partial charge < -0.3 is 14.7 Å². The fourth-order valence-electron chi connectivity index (χ4n) is 2.41. The maximum Gasteiger partial charge on any atom is 0.120 e. The summed E-state index contributed by atoms with van der Waals surface area (Å²) in [4.78, 5) is 2.13. The zero-order valence-electron chi connectivity index (χ0n) is 12.9. The first-order chi connectivity index (χ1) is 10.1. The van der Waals surface area contributed by atoms with Crippen molar-refractivity contribution in [3.63, 3.8) is 0 Å². The maximum atomic E-state index is 10.3. The van der Waals surface area contributed by atoms with Gasteiger partial charge in [-0.1, -0.05) is 30.3 Å². The van der Waals surface area contributed by atoms with Crippen molar-refractivity contribution in [1.29, 1.82) is 0 Å². The average molecular weight is 285 g/mol. The van der Waals surface area contributed by atoms with Crippen LogP contribution < -0.4 is 9.64 Å². The first kappa shape index (κ1) is 15.4. The molecule has 2 aromatic rings. The molecule has 0 radical (unpaired) electrons. The predicted molar refractivity (Wildman–Crippen MR) is 87.0 cm³/mol. The molecule has 0 amide bonds. The molecule has 21 heavy (non-hydrogen) atoms. The third kappa shape index (κ3) is 3.99. The van der Waals surface area contributed by atoms with Crippen LogP contribution in [0.15, 0.2) is 48.5 Å². The van der Waals surface area contributed by atoms with Crippen LogP contribution >= 0.6 is 0 Å². The topological polar surface area (TPSA) is 32.7 Å². The van der Waals surface area contributed by atoms with Gasteiger partial charge in [0.15, 0.2) is 0 Å². The van der Waals surface area contributed by atoms with E-state index in [0.717, 1.165) is 29.1 Å². The number of aryl methyl sites for hydroxylation is 1. The van der Waals surface area contributed by atoms with Crippen molar-refractivity contribution < 1.29 is 9.84 Å². The molecule has 0 spiro atoms. The molecule has 3 heteroatoms. The molecule has 0 aromatic heterocycles. The molecular weight excluding hydrogens is 262 g/mol. The van der Waals surface area contributed by atoms with Crippen molar-refractivity contribution in [2.75, 3.05) is 25.6 Å². The third-order valence-electron chi connectivity index (χ3n) is 3.78. The largest absolute Gasteiger partial charge is 0.497 e. The highest BCUT2D eigenvalue weighted by Gasteiger charge is 2.11. The maximum absolute atomic E-state index is 10.3. The molecule has 2 rings (SSSR count). The summed E-state index contributed by atoms with van der Waals surface area (Å²) in [5, 5.41) is 10.3. The van der Waals surface area contributed by atoms with Crippen molar-refractivity contribution in [2.45, 2.75) is 19.4 Å². The van der Waals surface area contributed by atoms with E-state index in [-0.39, 0.29) is 0 Å². The highest BCUT2D eigenvalue weighted by Crippen LogP contribution is 2.23. The second-order valence-electron chi connectivity index (χ2n) is 5.28. The van der Waals surface area contributed by atoms with Crippen molar-refractivity contribution in [3.8, 4) is 5.75 Å². The highest BCUT2D eigenvalue weighted by molar-refractivity contribution is 5.50. The number of rotatable bonds is 6. The van der Waals surface area contributed by atoms with E-state index in [2.05, 4.69) is 4.90 Å². The number of aliphatic hydroxyl groups excluding tert-OH is 1. The Morgan fingerprint density at radius 2 is 1.90 bits per heavy atom. The Bertz CT molecular complexity index is 583. The fraction of sp³-hybridized carbons (Fsp3) is 0.333. The molecule has 0 bridgehead atoms. The normalized spacial score (nSPS) is 12.0. The van der Waals surface area contributed by atoms with Crippen molar-refractivity contribution >= 4 is 5.69 Å². The molecule has 1 atom stereocenters. The van der Waals surface area contributed by atoms with Crippen molar-refractivity contribution in [1.82, 2.24) is 0 Å². The Labute approximate surface area is 126 Å². The van der Waals surface area contributed by atoms with Crippen molar-refractivity contribution in [2.24, 2.45) is 0 Å². The SMILES string of the molecule is COc1cccc(N(C)CCC(O)c2ccccc2C)c1. The summed E-state index contributed by atoms with van der Waals surface area (Å²) < 4.78 is 5.24. The second-order valence-corrected chi connectivity index (χ2v) is 5.28. The van der Waals surface area contributed by atoms with Crippen LogP contribution in [0.1, 0.15) is 23.7 Å². The lowest BCUT2D eigenvalue weighted by atomic mass is 10.0. The smallest absolute Gasteiger partial charge is 0.120 e. The molecule has 1 N–H and O–H groups in total. The predicted octanol–water partition coefficient (Wildman–Crippen LogP) is 3.56. The molecule has 1 unspecified atom stereocenters. The lowest BCUT2D eigenvalue weighted by Gasteiger charge is -2.22. The standard InChI is InChI=1S/C18H23NO2/c1-14-7-4-5-10-17(14)18(20)11-12-19(2)15-8-6-9-16(13-15)21-3/h4-10,13,18,20H,11-12H2,1-3H3. The third-order valence-corrected chi connectivity index (χ3v) is 3.78. The molecule has 0 aliphatic heterocycles. The molecule has 0 aliphatic rings. The van der Waals surface area contributed by atoms with Gasteiger partial charge in [0.25, 0.3) is 0 Å². The van der Waals surface area contributed by atoms with Gasteiger partial charge in [0.05, 0.1) is 13.2 Å².